The number of halogens is 5. The van der Waals surface area contributed by atoms with Crippen LogP contribution < -0.4 is 0 Å². The van der Waals surface area contributed by atoms with E-state index in [1.807, 2.05) is 0 Å². The van der Waals surface area contributed by atoms with Crippen LogP contribution in [-0.2, 0) is 9.84 Å². The highest BCUT2D eigenvalue weighted by atomic mass is 35.5. The first-order valence-corrected chi connectivity index (χ1v) is 10.1. The molecule has 1 heterocycles. The van der Waals surface area contributed by atoms with E-state index < -0.39 is 32.7 Å². The SMILES string of the molecule is CS(=O)(=O)c1ccc(-n2nc(C(F)F)cc2-c2ccc(Cl)c(Cl)c2)cc1F. The number of benzene rings is 2. The molecule has 0 aliphatic heterocycles. The highest BCUT2D eigenvalue weighted by molar-refractivity contribution is 7.90. The van der Waals surface area contributed by atoms with Gasteiger partial charge >= 0.3 is 0 Å². The summed E-state index contributed by atoms with van der Waals surface area (Å²) in [5, 5.41) is 4.30. The summed E-state index contributed by atoms with van der Waals surface area (Å²) < 4.78 is 64.8. The third-order valence-electron chi connectivity index (χ3n) is 3.73. The number of rotatable bonds is 4. The van der Waals surface area contributed by atoms with Crippen LogP contribution in [0, 0.1) is 5.82 Å². The normalized spacial score (nSPS) is 12.0. The molecule has 142 valence electrons. The fourth-order valence-electron chi connectivity index (χ4n) is 2.49. The molecule has 10 heteroatoms. The highest BCUT2D eigenvalue weighted by Crippen LogP contribution is 2.32. The van der Waals surface area contributed by atoms with Gasteiger partial charge < -0.3 is 0 Å². The number of nitrogens with zero attached hydrogens (tertiary/aromatic N) is 2. The van der Waals surface area contributed by atoms with Crippen molar-refractivity contribution in [2.45, 2.75) is 11.3 Å². The second kappa shape index (κ2) is 7.18. The molecule has 0 fully saturated rings. The fourth-order valence-corrected chi connectivity index (χ4v) is 3.51. The molecule has 0 spiro atoms. The molecule has 2 aromatic carbocycles. The van der Waals surface area contributed by atoms with Gasteiger partial charge in [-0.05, 0) is 30.3 Å². The lowest BCUT2D eigenvalue weighted by molar-refractivity contribution is 0.145. The Morgan fingerprint density at radius 1 is 1.04 bits per heavy atom. The van der Waals surface area contributed by atoms with Crippen molar-refractivity contribution in [3.8, 4) is 16.9 Å². The Labute approximate surface area is 163 Å². The van der Waals surface area contributed by atoms with E-state index in [0.29, 0.717) is 5.56 Å². The minimum atomic E-state index is -3.77. The predicted molar refractivity (Wildman–Crippen MR) is 97.0 cm³/mol. The molecule has 27 heavy (non-hydrogen) atoms. The quantitative estimate of drug-likeness (QED) is 0.557. The average Bonchev–Trinajstić information content (AvgIpc) is 3.01. The Hall–Kier alpha value is -2.03. The maximum absolute atomic E-state index is 14.2. The molecule has 0 atom stereocenters. The van der Waals surface area contributed by atoms with Crippen molar-refractivity contribution in [1.29, 1.82) is 0 Å². The van der Waals surface area contributed by atoms with Gasteiger partial charge in [-0.15, -0.1) is 0 Å². The maximum atomic E-state index is 14.2. The van der Waals surface area contributed by atoms with Crippen molar-refractivity contribution >= 4 is 33.0 Å². The van der Waals surface area contributed by atoms with E-state index in [-0.39, 0.29) is 21.4 Å². The van der Waals surface area contributed by atoms with Crippen LogP contribution in [0.4, 0.5) is 13.2 Å². The molecule has 1 aromatic heterocycles. The largest absolute Gasteiger partial charge is 0.282 e. The third-order valence-corrected chi connectivity index (χ3v) is 5.60. The molecule has 0 unspecified atom stereocenters. The van der Waals surface area contributed by atoms with Gasteiger partial charge in [0.1, 0.15) is 16.4 Å². The first-order chi connectivity index (χ1) is 12.6. The molecule has 3 rings (SSSR count). The van der Waals surface area contributed by atoms with Crippen LogP contribution in [0.5, 0.6) is 0 Å². The number of alkyl halides is 2. The first kappa shape index (κ1) is 19.7. The van der Waals surface area contributed by atoms with Crippen molar-refractivity contribution in [2.75, 3.05) is 6.26 Å². The maximum Gasteiger partial charge on any atom is 0.282 e. The zero-order valence-electron chi connectivity index (χ0n) is 13.6. The molecule has 0 saturated heterocycles. The van der Waals surface area contributed by atoms with Gasteiger partial charge in [0.15, 0.2) is 9.84 Å². The molecule has 0 amide bonds. The fraction of sp³-hybridized carbons (Fsp3) is 0.118. The van der Waals surface area contributed by atoms with Gasteiger partial charge in [-0.2, -0.15) is 5.10 Å². The van der Waals surface area contributed by atoms with E-state index in [1.165, 1.54) is 18.2 Å². The van der Waals surface area contributed by atoms with Crippen LogP contribution in [0.15, 0.2) is 47.4 Å². The molecule has 0 saturated carbocycles. The number of hydrogen-bond acceptors (Lipinski definition) is 3. The third kappa shape index (κ3) is 3.97. The lowest BCUT2D eigenvalue weighted by Gasteiger charge is -2.10. The van der Waals surface area contributed by atoms with E-state index in [2.05, 4.69) is 5.10 Å². The molecule has 0 aliphatic rings. The smallest absolute Gasteiger partial charge is 0.233 e. The summed E-state index contributed by atoms with van der Waals surface area (Å²) in [6, 6.07) is 8.91. The van der Waals surface area contributed by atoms with Crippen LogP contribution >= 0.6 is 23.2 Å². The van der Waals surface area contributed by atoms with Gasteiger partial charge in [0.05, 0.1) is 21.4 Å². The summed E-state index contributed by atoms with van der Waals surface area (Å²) in [6.07, 6.45) is -1.98. The monoisotopic (exact) mass is 434 g/mol. The van der Waals surface area contributed by atoms with Crippen molar-refractivity contribution in [2.24, 2.45) is 0 Å². The number of sulfone groups is 1. The summed E-state index contributed by atoms with van der Waals surface area (Å²) >= 11 is 11.9. The van der Waals surface area contributed by atoms with Crippen LogP contribution in [0.25, 0.3) is 16.9 Å². The van der Waals surface area contributed by atoms with Gasteiger partial charge in [0, 0.05) is 17.9 Å². The Morgan fingerprint density at radius 2 is 1.74 bits per heavy atom. The Bertz CT molecular complexity index is 1130. The van der Waals surface area contributed by atoms with Gasteiger partial charge in [-0.1, -0.05) is 29.3 Å². The minimum absolute atomic E-state index is 0.0767. The summed E-state index contributed by atoms with van der Waals surface area (Å²) in [7, 11) is -3.77. The molecule has 0 bridgehead atoms. The molecule has 0 N–H and O–H groups in total. The number of aromatic nitrogens is 2. The summed E-state index contributed by atoms with van der Waals surface area (Å²) in [5.41, 5.74) is 0.198. The summed E-state index contributed by atoms with van der Waals surface area (Å²) in [5.74, 6) is -1.01. The van der Waals surface area contributed by atoms with E-state index in [9.17, 15) is 21.6 Å². The van der Waals surface area contributed by atoms with E-state index in [0.717, 1.165) is 29.1 Å². The van der Waals surface area contributed by atoms with E-state index in [4.69, 9.17) is 23.2 Å². The zero-order chi connectivity index (χ0) is 19.9. The Balaban J connectivity index is 2.20. The van der Waals surface area contributed by atoms with Gasteiger partial charge in [-0.3, -0.25) is 0 Å². The molecule has 4 nitrogen and oxygen atoms in total. The molecular formula is C17H11Cl2F3N2O2S. The summed E-state index contributed by atoms with van der Waals surface area (Å²) in [6.45, 7) is 0. The lowest BCUT2D eigenvalue weighted by atomic mass is 10.1. The van der Waals surface area contributed by atoms with Crippen LogP contribution in [0.1, 0.15) is 12.1 Å². The van der Waals surface area contributed by atoms with Crippen molar-refractivity contribution in [3.05, 3.63) is 64.0 Å². The second-order valence-electron chi connectivity index (χ2n) is 5.68. The highest BCUT2D eigenvalue weighted by Gasteiger charge is 2.20. The Morgan fingerprint density at radius 3 is 2.30 bits per heavy atom. The lowest BCUT2D eigenvalue weighted by Crippen LogP contribution is -2.05. The molecule has 0 radical (unpaired) electrons. The predicted octanol–water partition coefficient (Wildman–Crippen LogP) is 5.33. The van der Waals surface area contributed by atoms with Gasteiger partial charge in [0.25, 0.3) is 6.43 Å². The van der Waals surface area contributed by atoms with E-state index >= 15 is 0 Å². The van der Waals surface area contributed by atoms with E-state index in [1.54, 1.807) is 6.07 Å². The van der Waals surface area contributed by atoms with Gasteiger partial charge in [0.2, 0.25) is 0 Å². The average molecular weight is 435 g/mol. The standard InChI is InChI=1S/C17H11Cl2F3N2O2S/c1-27(25,26)16-5-3-10(7-13(16)20)24-15(8-14(23-24)17(21)22)9-2-4-11(18)12(19)6-9/h2-8,17H,1H3. The minimum Gasteiger partial charge on any atom is -0.233 e. The van der Waals surface area contributed by atoms with Gasteiger partial charge in [-0.25, -0.2) is 26.3 Å². The Kier molecular flexibility index (Phi) is 5.24. The topological polar surface area (TPSA) is 52.0 Å². The van der Waals surface area contributed by atoms with Crippen molar-refractivity contribution < 1.29 is 21.6 Å². The number of hydrogen-bond donors (Lipinski definition) is 0. The van der Waals surface area contributed by atoms with Crippen molar-refractivity contribution in [3.63, 3.8) is 0 Å². The molecule has 0 aliphatic carbocycles. The second-order valence-corrected chi connectivity index (χ2v) is 8.48. The van der Waals surface area contributed by atoms with Crippen LogP contribution in [0.2, 0.25) is 10.0 Å². The molecule has 3 aromatic rings. The summed E-state index contributed by atoms with van der Waals surface area (Å²) in [4.78, 5) is -0.497. The van der Waals surface area contributed by atoms with Crippen LogP contribution in [0.3, 0.4) is 0 Å². The zero-order valence-corrected chi connectivity index (χ0v) is 16.0. The first-order valence-electron chi connectivity index (χ1n) is 7.41. The molecular weight excluding hydrogens is 424 g/mol. The van der Waals surface area contributed by atoms with Crippen molar-refractivity contribution in [1.82, 2.24) is 9.78 Å². The van der Waals surface area contributed by atoms with Crippen LogP contribution in [-0.4, -0.2) is 24.5 Å².